The summed E-state index contributed by atoms with van der Waals surface area (Å²) in [5.74, 6) is -3.42. The van der Waals surface area contributed by atoms with Gasteiger partial charge in [0.1, 0.15) is 6.61 Å². The van der Waals surface area contributed by atoms with Gasteiger partial charge in [0.2, 0.25) is 0 Å². The molecule has 0 bridgehead atoms. The molecule has 0 spiro atoms. The smallest absolute Gasteiger partial charge is 0.283 e. The molecule has 0 saturated heterocycles. The molecule has 0 atom stereocenters. The number of rotatable bonds is 6. The number of nitrogens with one attached hydrogen (secondary N) is 2. The van der Waals surface area contributed by atoms with Gasteiger partial charge in [-0.15, -0.1) is 0 Å². The van der Waals surface area contributed by atoms with Gasteiger partial charge in [0.25, 0.3) is 16.1 Å². The molecule has 84 valence electrons. The van der Waals surface area contributed by atoms with Crippen molar-refractivity contribution < 1.29 is 22.3 Å². The van der Waals surface area contributed by atoms with Gasteiger partial charge in [0, 0.05) is 6.04 Å². The lowest BCUT2D eigenvalue weighted by atomic mass is 10.4. The fourth-order valence-corrected chi connectivity index (χ4v) is 1.88. The van der Waals surface area contributed by atoms with Crippen LogP contribution in [0.2, 0.25) is 0 Å². The van der Waals surface area contributed by atoms with Crippen molar-refractivity contribution in [2.75, 3.05) is 13.2 Å². The maximum Gasteiger partial charge on any atom is 0.283 e. The van der Waals surface area contributed by atoms with Gasteiger partial charge in [-0.3, -0.25) is 0 Å². The van der Waals surface area contributed by atoms with Crippen molar-refractivity contribution in [2.45, 2.75) is 24.8 Å². The molecule has 0 aliphatic heterocycles. The van der Waals surface area contributed by atoms with Crippen molar-refractivity contribution in [3.63, 3.8) is 0 Å². The molecule has 1 rings (SSSR count). The molecule has 0 unspecified atom stereocenters. The van der Waals surface area contributed by atoms with Gasteiger partial charge in [-0.05, 0) is 12.8 Å². The summed E-state index contributed by atoms with van der Waals surface area (Å²) < 4.78 is 50.7. The molecule has 8 heteroatoms. The number of halogens is 2. The summed E-state index contributed by atoms with van der Waals surface area (Å²) in [7, 11) is -3.85. The highest BCUT2D eigenvalue weighted by atomic mass is 32.2. The summed E-state index contributed by atoms with van der Waals surface area (Å²) in [4.78, 5) is 0. The lowest BCUT2D eigenvalue weighted by Crippen LogP contribution is -2.44. The zero-order chi connectivity index (χ0) is 10.8. The molecule has 0 heterocycles. The number of aliphatic hydroxyl groups excluding tert-OH is 1. The van der Waals surface area contributed by atoms with Crippen molar-refractivity contribution >= 4 is 10.2 Å². The van der Waals surface area contributed by atoms with Gasteiger partial charge in [0.15, 0.2) is 0 Å². The second-order valence-corrected chi connectivity index (χ2v) is 4.76. The molecular formula is C6H12F2N2O3S. The van der Waals surface area contributed by atoms with Gasteiger partial charge >= 0.3 is 0 Å². The molecule has 1 aliphatic carbocycles. The summed E-state index contributed by atoms with van der Waals surface area (Å²) >= 11 is 0. The summed E-state index contributed by atoms with van der Waals surface area (Å²) in [5, 5.41) is 8.18. The maximum absolute atomic E-state index is 12.4. The lowest BCUT2D eigenvalue weighted by Gasteiger charge is -2.14. The van der Waals surface area contributed by atoms with Crippen molar-refractivity contribution in [3.8, 4) is 0 Å². The van der Waals surface area contributed by atoms with E-state index in [-0.39, 0.29) is 6.04 Å². The van der Waals surface area contributed by atoms with Crippen LogP contribution in [0.4, 0.5) is 8.78 Å². The summed E-state index contributed by atoms with van der Waals surface area (Å²) in [6.45, 7) is -2.47. The maximum atomic E-state index is 12.4. The van der Waals surface area contributed by atoms with Crippen LogP contribution in [0.25, 0.3) is 0 Å². The van der Waals surface area contributed by atoms with Crippen LogP contribution in [0.3, 0.4) is 0 Å². The first-order valence-corrected chi connectivity index (χ1v) is 5.58. The third kappa shape index (κ3) is 4.27. The minimum atomic E-state index is -3.85. The quantitative estimate of drug-likeness (QED) is 0.559. The average molecular weight is 230 g/mol. The fourth-order valence-electron chi connectivity index (χ4n) is 0.719. The van der Waals surface area contributed by atoms with Gasteiger partial charge in [-0.1, -0.05) is 0 Å². The minimum absolute atomic E-state index is 0.129. The van der Waals surface area contributed by atoms with Crippen LogP contribution in [0.1, 0.15) is 12.8 Å². The van der Waals surface area contributed by atoms with E-state index < -0.39 is 29.3 Å². The Bertz CT molecular complexity index is 289. The molecular weight excluding hydrogens is 218 g/mol. The van der Waals surface area contributed by atoms with E-state index in [1.54, 1.807) is 4.72 Å². The van der Waals surface area contributed by atoms with E-state index in [0.717, 1.165) is 12.8 Å². The lowest BCUT2D eigenvalue weighted by molar-refractivity contribution is -0.0437. The van der Waals surface area contributed by atoms with Gasteiger partial charge < -0.3 is 5.11 Å². The zero-order valence-electron chi connectivity index (χ0n) is 7.33. The Balaban J connectivity index is 2.35. The number of hydrogen-bond acceptors (Lipinski definition) is 3. The largest absolute Gasteiger partial charge is 0.390 e. The molecule has 1 saturated carbocycles. The zero-order valence-corrected chi connectivity index (χ0v) is 8.15. The summed E-state index contributed by atoms with van der Waals surface area (Å²) in [6, 6.07) is -0.129. The molecule has 0 radical (unpaired) electrons. The second-order valence-electron chi connectivity index (χ2n) is 3.23. The third-order valence-electron chi connectivity index (χ3n) is 1.65. The van der Waals surface area contributed by atoms with Crippen LogP contribution in [0, 0.1) is 0 Å². The first-order valence-electron chi connectivity index (χ1n) is 4.10. The topological polar surface area (TPSA) is 78.4 Å². The van der Waals surface area contributed by atoms with E-state index >= 15 is 0 Å². The third-order valence-corrected chi connectivity index (χ3v) is 2.82. The Labute approximate surface area is 80.7 Å². The van der Waals surface area contributed by atoms with Crippen LogP contribution in [-0.4, -0.2) is 38.6 Å². The van der Waals surface area contributed by atoms with Crippen molar-refractivity contribution in [1.82, 2.24) is 9.44 Å². The first kappa shape index (κ1) is 11.8. The van der Waals surface area contributed by atoms with Crippen LogP contribution >= 0.6 is 0 Å². The highest BCUT2D eigenvalue weighted by molar-refractivity contribution is 7.87. The van der Waals surface area contributed by atoms with Crippen LogP contribution in [0.15, 0.2) is 0 Å². The predicted molar refractivity (Wildman–Crippen MR) is 45.1 cm³/mol. The standard InChI is InChI=1S/C6H12F2N2O3S/c7-6(8,4-11)3-9-14(12,13)10-5-1-2-5/h5,9-11H,1-4H2. The second kappa shape index (κ2) is 4.05. The van der Waals surface area contributed by atoms with Gasteiger partial charge in [0.05, 0.1) is 6.54 Å². The Hall–Kier alpha value is -0.310. The fraction of sp³-hybridized carbons (Fsp3) is 1.00. The Kier molecular flexibility index (Phi) is 3.40. The SMILES string of the molecule is O=S(=O)(NCC(F)(F)CO)NC1CC1. The highest BCUT2D eigenvalue weighted by Crippen LogP contribution is 2.19. The Morgan fingerprint density at radius 3 is 2.43 bits per heavy atom. The minimum Gasteiger partial charge on any atom is -0.390 e. The van der Waals surface area contributed by atoms with Crippen molar-refractivity contribution in [1.29, 1.82) is 0 Å². The van der Waals surface area contributed by atoms with Crippen molar-refractivity contribution in [3.05, 3.63) is 0 Å². The van der Waals surface area contributed by atoms with Gasteiger partial charge in [-0.2, -0.15) is 17.9 Å². The molecule has 1 aliphatic rings. The predicted octanol–water partition coefficient (Wildman–Crippen LogP) is -0.800. The molecule has 0 aromatic heterocycles. The van der Waals surface area contributed by atoms with Crippen LogP contribution in [0.5, 0.6) is 0 Å². The van der Waals surface area contributed by atoms with E-state index in [1.165, 1.54) is 0 Å². The molecule has 5 nitrogen and oxygen atoms in total. The number of alkyl halides is 2. The molecule has 0 aromatic rings. The monoisotopic (exact) mass is 230 g/mol. The van der Waals surface area contributed by atoms with E-state index in [2.05, 4.69) is 4.72 Å². The summed E-state index contributed by atoms with van der Waals surface area (Å²) in [5.41, 5.74) is 0. The van der Waals surface area contributed by atoms with E-state index in [0.29, 0.717) is 0 Å². The normalized spacial score (nSPS) is 18.5. The van der Waals surface area contributed by atoms with Crippen molar-refractivity contribution in [2.24, 2.45) is 0 Å². The molecule has 0 amide bonds. The molecule has 0 aromatic carbocycles. The average Bonchev–Trinajstić information content (AvgIpc) is 2.85. The first-order chi connectivity index (χ1) is 6.35. The van der Waals surface area contributed by atoms with E-state index in [9.17, 15) is 17.2 Å². The Morgan fingerprint density at radius 2 is 2.00 bits per heavy atom. The van der Waals surface area contributed by atoms with E-state index in [1.807, 2.05) is 0 Å². The highest BCUT2D eigenvalue weighted by Gasteiger charge is 2.32. The summed E-state index contributed by atoms with van der Waals surface area (Å²) in [6.07, 6.45) is 1.47. The Morgan fingerprint density at radius 1 is 1.43 bits per heavy atom. The number of hydrogen-bond donors (Lipinski definition) is 3. The van der Waals surface area contributed by atoms with Crippen LogP contribution < -0.4 is 9.44 Å². The molecule has 1 fully saturated rings. The molecule has 14 heavy (non-hydrogen) atoms. The van der Waals surface area contributed by atoms with E-state index in [4.69, 9.17) is 5.11 Å². The van der Waals surface area contributed by atoms with Gasteiger partial charge in [-0.25, -0.2) is 8.78 Å². The van der Waals surface area contributed by atoms with Crippen LogP contribution in [-0.2, 0) is 10.2 Å². The molecule has 3 N–H and O–H groups in total. The number of aliphatic hydroxyl groups is 1.